The molecule has 0 spiro atoms. The molecule has 0 aromatic carbocycles. The van der Waals surface area contributed by atoms with Gasteiger partial charge in [-0.2, -0.15) is 4.98 Å². The van der Waals surface area contributed by atoms with Crippen LogP contribution in [0.15, 0.2) is 17.6 Å². The summed E-state index contributed by atoms with van der Waals surface area (Å²) in [4.78, 5) is 24.4. The Hall–Kier alpha value is -1.77. The number of halogens is 2. The lowest BCUT2D eigenvalue weighted by Crippen LogP contribution is -2.25. The van der Waals surface area contributed by atoms with Gasteiger partial charge in [0.25, 0.3) is 0 Å². The molecular weight excluding hydrogens is 411 g/mol. The smallest absolute Gasteiger partial charge is 0.410 e. The van der Waals surface area contributed by atoms with Crippen molar-refractivity contribution in [1.82, 2.24) is 20.3 Å². The van der Waals surface area contributed by atoms with Crippen molar-refractivity contribution in [3.63, 3.8) is 0 Å². The Morgan fingerprint density at radius 3 is 2.78 bits per heavy atom. The van der Waals surface area contributed by atoms with Crippen molar-refractivity contribution < 1.29 is 14.3 Å². The summed E-state index contributed by atoms with van der Waals surface area (Å²) in [5.74, 6) is 0.963. The van der Waals surface area contributed by atoms with Crippen molar-refractivity contribution in [3.05, 3.63) is 39.3 Å². The van der Waals surface area contributed by atoms with Crippen LogP contribution in [0.5, 0.6) is 5.88 Å². The van der Waals surface area contributed by atoms with Gasteiger partial charge in [0.05, 0.1) is 15.7 Å². The normalized spacial score (nSPS) is 12.6. The van der Waals surface area contributed by atoms with E-state index in [0.29, 0.717) is 33.4 Å². The number of hydrogen-bond acceptors (Lipinski definition) is 7. The standard InChI is InChI=1S/C17H18Cl2N4O3S/c1-2-21-17(24)26-9-25-15-10-4-3-5-14(10)22-16(23-15)27-8-11-12(18)6-20-7-13(11)19/h6-7H,2-5,8-9H2,1H3,(H,21,24). The third kappa shape index (κ3) is 5.15. The number of carbonyl (C=O) groups is 1. The lowest BCUT2D eigenvalue weighted by atomic mass is 10.2. The molecule has 7 nitrogen and oxygen atoms in total. The molecule has 2 aromatic rings. The highest BCUT2D eigenvalue weighted by molar-refractivity contribution is 7.98. The van der Waals surface area contributed by atoms with Crippen LogP contribution in [-0.2, 0) is 23.3 Å². The third-order valence-corrected chi connectivity index (χ3v) is 5.40. The maximum atomic E-state index is 11.4. The average Bonchev–Trinajstić information content (AvgIpc) is 3.10. The molecule has 3 rings (SSSR count). The van der Waals surface area contributed by atoms with E-state index in [9.17, 15) is 4.79 Å². The molecule has 1 N–H and O–H groups in total. The number of nitrogens with one attached hydrogen (secondary N) is 1. The Balaban J connectivity index is 1.70. The van der Waals surface area contributed by atoms with Crippen LogP contribution < -0.4 is 10.1 Å². The first-order valence-corrected chi connectivity index (χ1v) is 10.2. The summed E-state index contributed by atoms with van der Waals surface area (Å²) in [5, 5.41) is 4.10. The Bertz CT molecular complexity index is 818. The number of alkyl carbamates (subject to hydrolysis) is 1. The van der Waals surface area contributed by atoms with Gasteiger partial charge in [-0.15, -0.1) is 0 Å². The second kappa shape index (κ2) is 9.43. The lowest BCUT2D eigenvalue weighted by Gasteiger charge is -2.12. The van der Waals surface area contributed by atoms with Crippen LogP contribution in [0.2, 0.25) is 10.0 Å². The van der Waals surface area contributed by atoms with Gasteiger partial charge < -0.3 is 14.8 Å². The topological polar surface area (TPSA) is 86.2 Å². The molecule has 0 atom stereocenters. The van der Waals surface area contributed by atoms with E-state index in [1.54, 1.807) is 12.4 Å². The van der Waals surface area contributed by atoms with E-state index in [0.717, 1.165) is 36.1 Å². The predicted molar refractivity (Wildman–Crippen MR) is 104 cm³/mol. The average molecular weight is 429 g/mol. The first-order valence-electron chi connectivity index (χ1n) is 8.42. The number of aromatic nitrogens is 3. The predicted octanol–water partition coefficient (Wildman–Crippen LogP) is 4.04. The molecule has 27 heavy (non-hydrogen) atoms. The summed E-state index contributed by atoms with van der Waals surface area (Å²) in [7, 11) is 0. The van der Waals surface area contributed by atoms with Gasteiger partial charge in [-0.3, -0.25) is 4.98 Å². The van der Waals surface area contributed by atoms with E-state index >= 15 is 0 Å². The largest absolute Gasteiger partial charge is 0.440 e. The Labute approximate surface area is 171 Å². The van der Waals surface area contributed by atoms with Crippen molar-refractivity contribution in [2.45, 2.75) is 37.1 Å². The molecule has 2 aromatic heterocycles. The quantitative estimate of drug-likeness (QED) is 0.404. The Kier molecular flexibility index (Phi) is 6.98. The van der Waals surface area contributed by atoms with Crippen LogP contribution in [-0.4, -0.2) is 34.4 Å². The zero-order valence-corrected chi connectivity index (χ0v) is 17.0. The minimum atomic E-state index is -0.528. The van der Waals surface area contributed by atoms with Gasteiger partial charge in [-0.25, -0.2) is 9.78 Å². The van der Waals surface area contributed by atoms with Gasteiger partial charge in [0.15, 0.2) is 5.16 Å². The molecule has 2 heterocycles. The van der Waals surface area contributed by atoms with Crippen molar-refractivity contribution in [3.8, 4) is 5.88 Å². The number of rotatable bonds is 7. The van der Waals surface area contributed by atoms with Crippen LogP contribution in [0, 0.1) is 0 Å². The van der Waals surface area contributed by atoms with E-state index in [4.69, 9.17) is 32.7 Å². The molecule has 144 valence electrons. The monoisotopic (exact) mass is 428 g/mol. The number of aryl methyl sites for hydroxylation is 1. The second-order valence-electron chi connectivity index (χ2n) is 5.68. The highest BCUT2D eigenvalue weighted by Gasteiger charge is 2.21. The van der Waals surface area contributed by atoms with Crippen molar-refractivity contribution >= 4 is 41.1 Å². The fourth-order valence-corrected chi connectivity index (χ4v) is 4.17. The minimum absolute atomic E-state index is 0.207. The number of hydrogen-bond donors (Lipinski definition) is 1. The number of thioether (sulfide) groups is 1. The van der Waals surface area contributed by atoms with Crippen LogP contribution in [0.4, 0.5) is 4.79 Å². The molecule has 0 unspecified atom stereocenters. The van der Waals surface area contributed by atoms with Gasteiger partial charge in [0, 0.05) is 35.8 Å². The van der Waals surface area contributed by atoms with Crippen molar-refractivity contribution in [2.75, 3.05) is 13.3 Å². The van der Waals surface area contributed by atoms with Gasteiger partial charge in [-0.05, 0) is 26.2 Å². The molecule has 10 heteroatoms. The summed E-state index contributed by atoms with van der Waals surface area (Å²) in [6.07, 6.45) is 5.29. The molecule has 0 fully saturated rings. The maximum Gasteiger partial charge on any atom is 0.410 e. The Morgan fingerprint density at radius 1 is 1.26 bits per heavy atom. The fourth-order valence-electron chi connectivity index (χ4n) is 2.61. The molecule has 0 saturated heterocycles. The van der Waals surface area contributed by atoms with Crippen molar-refractivity contribution in [1.29, 1.82) is 0 Å². The van der Waals surface area contributed by atoms with Gasteiger partial charge in [-0.1, -0.05) is 35.0 Å². The SMILES string of the molecule is CCNC(=O)OCOc1nc(SCc2c(Cl)cncc2Cl)nc2c1CCC2. The fraction of sp³-hybridized carbons (Fsp3) is 0.412. The van der Waals surface area contributed by atoms with Crippen molar-refractivity contribution in [2.24, 2.45) is 0 Å². The van der Waals surface area contributed by atoms with E-state index in [1.165, 1.54) is 11.8 Å². The summed E-state index contributed by atoms with van der Waals surface area (Å²) < 4.78 is 10.6. The number of ether oxygens (including phenoxy) is 2. The van der Waals surface area contributed by atoms with E-state index in [1.807, 2.05) is 6.92 Å². The number of nitrogens with zero attached hydrogens (tertiary/aromatic N) is 3. The number of amides is 1. The first kappa shape index (κ1) is 20.0. The van der Waals surface area contributed by atoms with Crippen LogP contribution >= 0.6 is 35.0 Å². The molecular formula is C17H18Cl2N4O3S. The molecule has 1 aliphatic carbocycles. The number of pyridine rings is 1. The zero-order chi connectivity index (χ0) is 19.2. The van der Waals surface area contributed by atoms with Crippen LogP contribution in [0.25, 0.3) is 0 Å². The first-order chi connectivity index (χ1) is 13.1. The van der Waals surface area contributed by atoms with E-state index in [-0.39, 0.29) is 6.79 Å². The molecule has 0 saturated carbocycles. The summed E-state index contributed by atoms with van der Waals surface area (Å²) in [5.41, 5.74) is 2.72. The third-order valence-electron chi connectivity index (χ3n) is 3.88. The molecule has 1 aliphatic rings. The van der Waals surface area contributed by atoms with E-state index < -0.39 is 6.09 Å². The van der Waals surface area contributed by atoms with Gasteiger partial charge in [0.2, 0.25) is 12.7 Å². The summed E-state index contributed by atoms with van der Waals surface area (Å²) >= 11 is 13.7. The van der Waals surface area contributed by atoms with E-state index in [2.05, 4.69) is 20.3 Å². The highest BCUT2D eigenvalue weighted by Crippen LogP contribution is 2.33. The van der Waals surface area contributed by atoms with Gasteiger partial charge >= 0.3 is 6.09 Å². The summed E-state index contributed by atoms with van der Waals surface area (Å²) in [6.45, 7) is 2.09. The second-order valence-corrected chi connectivity index (χ2v) is 7.44. The summed E-state index contributed by atoms with van der Waals surface area (Å²) in [6, 6.07) is 0. The zero-order valence-electron chi connectivity index (χ0n) is 14.6. The van der Waals surface area contributed by atoms with Crippen LogP contribution in [0.1, 0.15) is 30.2 Å². The maximum absolute atomic E-state index is 11.4. The molecule has 0 bridgehead atoms. The van der Waals surface area contributed by atoms with Gasteiger partial charge in [0.1, 0.15) is 0 Å². The number of carbonyl (C=O) groups excluding carboxylic acids is 1. The van der Waals surface area contributed by atoms with Crippen LogP contribution in [0.3, 0.4) is 0 Å². The molecule has 1 amide bonds. The number of fused-ring (bicyclic) bond motifs is 1. The lowest BCUT2D eigenvalue weighted by molar-refractivity contribution is 0.0560. The minimum Gasteiger partial charge on any atom is -0.440 e. The Morgan fingerprint density at radius 2 is 2.04 bits per heavy atom. The highest BCUT2D eigenvalue weighted by atomic mass is 35.5. The molecule has 0 radical (unpaired) electrons. The molecule has 0 aliphatic heterocycles.